The number of benzene rings is 2. The summed E-state index contributed by atoms with van der Waals surface area (Å²) >= 11 is 1.53. The van der Waals surface area contributed by atoms with E-state index in [0.29, 0.717) is 0 Å². The highest BCUT2D eigenvalue weighted by Crippen LogP contribution is 2.18. The van der Waals surface area contributed by atoms with Crippen LogP contribution in [0.5, 0.6) is 0 Å². The molecule has 3 aromatic rings. The Morgan fingerprint density at radius 3 is 1.91 bits per heavy atom. The molecule has 0 unspecified atom stereocenters. The van der Waals surface area contributed by atoms with Crippen LogP contribution in [0.25, 0.3) is 0 Å². The lowest BCUT2D eigenvalue weighted by atomic mass is 10.1. The predicted molar refractivity (Wildman–Crippen MR) is 95.8 cm³/mol. The third-order valence-corrected chi connectivity index (χ3v) is 4.38. The molecular weight excluding hydrogens is 304 g/mol. The second kappa shape index (κ2) is 7.87. The lowest BCUT2D eigenvalue weighted by Crippen LogP contribution is -2.22. The van der Waals surface area contributed by atoms with Crippen LogP contribution in [0.15, 0.2) is 66.0 Å². The molecule has 0 aliphatic carbocycles. The van der Waals surface area contributed by atoms with E-state index in [2.05, 4.69) is 69.2 Å². The predicted octanol–water partition coefficient (Wildman–Crippen LogP) is 3.63. The molecule has 0 aliphatic heterocycles. The fourth-order valence-corrected chi connectivity index (χ4v) is 3.14. The Kier molecular flexibility index (Phi) is 5.37. The number of nitrogens with one attached hydrogen (secondary N) is 1. The number of rotatable bonds is 7. The molecule has 3 N–H and O–H groups in total. The van der Waals surface area contributed by atoms with E-state index in [-0.39, 0.29) is 0 Å². The number of anilines is 1. The zero-order valence-corrected chi connectivity index (χ0v) is 13.7. The van der Waals surface area contributed by atoms with Crippen molar-refractivity contribution >= 4 is 16.5 Å². The standard InChI is InChI=1S/C18H20N4S/c19-21-18-20-17(14-23-18)13-22(11-15-7-3-1-4-8-15)12-16-9-5-2-6-10-16/h1-10,14H,11-13,19H2,(H,20,21). The molecule has 3 rings (SSSR count). The monoisotopic (exact) mass is 324 g/mol. The fourth-order valence-electron chi connectivity index (χ4n) is 2.53. The van der Waals surface area contributed by atoms with Crippen molar-refractivity contribution in [1.29, 1.82) is 0 Å². The molecule has 0 spiro atoms. The smallest absolute Gasteiger partial charge is 0.197 e. The van der Waals surface area contributed by atoms with Crippen LogP contribution in [0.3, 0.4) is 0 Å². The quantitative estimate of drug-likeness (QED) is 0.515. The molecule has 0 bridgehead atoms. The first-order chi connectivity index (χ1) is 11.3. The molecule has 0 saturated carbocycles. The Morgan fingerprint density at radius 1 is 0.870 bits per heavy atom. The Hall–Kier alpha value is -2.21. The number of thiazole rings is 1. The molecule has 5 heteroatoms. The second-order valence-electron chi connectivity index (χ2n) is 5.40. The number of nitrogens with two attached hydrogens (primary N) is 1. The van der Waals surface area contributed by atoms with Gasteiger partial charge in [0.15, 0.2) is 5.13 Å². The van der Waals surface area contributed by atoms with Crippen molar-refractivity contribution in [2.75, 3.05) is 5.43 Å². The molecule has 0 atom stereocenters. The lowest BCUT2D eigenvalue weighted by Gasteiger charge is -2.21. The Bertz CT molecular complexity index is 671. The molecule has 0 aliphatic rings. The van der Waals surface area contributed by atoms with E-state index in [4.69, 9.17) is 5.84 Å². The summed E-state index contributed by atoms with van der Waals surface area (Å²) in [5, 5.41) is 2.80. The van der Waals surface area contributed by atoms with Gasteiger partial charge in [0, 0.05) is 25.0 Å². The largest absolute Gasteiger partial charge is 0.300 e. The first-order valence-electron chi connectivity index (χ1n) is 7.55. The van der Waals surface area contributed by atoms with Gasteiger partial charge in [-0.2, -0.15) is 0 Å². The first-order valence-corrected chi connectivity index (χ1v) is 8.42. The van der Waals surface area contributed by atoms with Gasteiger partial charge in [-0.3, -0.25) is 10.3 Å². The SMILES string of the molecule is NNc1nc(CN(Cc2ccccc2)Cc2ccccc2)cs1. The van der Waals surface area contributed by atoms with Crippen LogP contribution in [-0.2, 0) is 19.6 Å². The maximum Gasteiger partial charge on any atom is 0.197 e. The summed E-state index contributed by atoms with van der Waals surface area (Å²) in [7, 11) is 0. The number of aromatic nitrogens is 1. The molecule has 23 heavy (non-hydrogen) atoms. The highest BCUT2D eigenvalue weighted by Gasteiger charge is 2.10. The minimum atomic E-state index is 0.749. The van der Waals surface area contributed by atoms with E-state index < -0.39 is 0 Å². The lowest BCUT2D eigenvalue weighted by molar-refractivity contribution is 0.245. The summed E-state index contributed by atoms with van der Waals surface area (Å²) in [6, 6.07) is 21.0. The van der Waals surface area contributed by atoms with E-state index in [9.17, 15) is 0 Å². The topological polar surface area (TPSA) is 54.2 Å². The Labute approximate surface area is 140 Å². The van der Waals surface area contributed by atoms with Gasteiger partial charge in [-0.25, -0.2) is 10.8 Å². The van der Waals surface area contributed by atoms with Crippen LogP contribution in [0.2, 0.25) is 0 Å². The van der Waals surface area contributed by atoms with Gasteiger partial charge >= 0.3 is 0 Å². The maximum absolute atomic E-state index is 5.43. The molecule has 1 heterocycles. The van der Waals surface area contributed by atoms with Gasteiger partial charge < -0.3 is 0 Å². The van der Waals surface area contributed by atoms with Crippen molar-refractivity contribution in [3.63, 3.8) is 0 Å². The number of nitrogen functional groups attached to an aromatic ring is 1. The van der Waals surface area contributed by atoms with Gasteiger partial charge in [0.05, 0.1) is 5.69 Å². The van der Waals surface area contributed by atoms with E-state index in [1.807, 2.05) is 12.1 Å². The van der Waals surface area contributed by atoms with Crippen molar-refractivity contribution in [2.45, 2.75) is 19.6 Å². The molecule has 0 amide bonds. The summed E-state index contributed by atoms with van der Waals surface area (Å²) in [5.74, 6) is 5.43. The van der Waals surface area contributed by atoms with Crippen LogP contribution < -0.4 is 11.3 Å². The zero-order valence-electron chi connectivity index (χ0n) is 12.9. The fraction of sp³-hybridized carbons (Fsp3) is 0.167. The summed E-state index contributed by atoms with van der Waals surface area (Å²) in [4.78, 5) is 6.88. The van der Waals surface area contributed by atoms with Gasteiger partial charge in [0.25, 0.3) is 0 Å². The van der Waals surface area contributed by atoms with Crippen molar-refractivity contribution in [2.24, 2.45) is 5.84 Å². The van der Waals surface area contributed by atoms with Crippen LogP contribution >= 0.6 is 11.3 Å². The number of hydrazine groups is 1. The first kappa shape index (κ1) is 15.7. The molecule has 4 nitrogen and oxygen atoms in total. The summed E-state index contributed by atoms with van der Waals surface area (Å²) < 4.78 is 0. The summed E-state index contributed by atoms with van der Waals surface area (Å²) in [6.07, 6.45) is 0. The van der Waals surface area contributed by atoms with Crippen LogP contribution in [0.4, 0.5) is 5.13 Å². The average molecular weight is 324 g/mol. The highest BCUT2D eigenvalue weighted by molar-refractivity contribution is 7.13. The highest BCUT2D eigenvalue weighted by atomic mass is 32.1. The van der Waals surface area contributed by atoms with Crippen LogP contribution in [0, 0.1) is 0 Å². The number of nitrogens with zero attached hydrogens (tertiary/aromatic N) is 2. The molecule has 0 saturated heterocycles. The molecule has 1 aromatic heterocycles. The van der Waals surface area contributed by atoms with Crippen LogP contribution in [0.1, 0.15) is 16.8 Å². The van der Waals surface area contributed by atoms with Crippen LogP contribution in [-0.4, -0.2) is 9.88 Å². The van der Waals surface area contributed by atoms with Crippen molar-refractivity contribution in [3.8, 4) is 0 Å². The molecule has 2 aromatic carbocycles. The third kappa shape index (κ3) is 4.63. The molecule has 0 radical (unpaired) electrons. The van der Waals surface area contributed by atoms with E-state index in [1.165, 1.54) is 22.5 Å². The molecule has 0 fully saturated rings. The van der Waals surface area contributed by atoms with Gasteiger partial charge in [-0.15, -0.1) is 11.3 Å². The van der Waals surface area contributed by atoms with Gasteiger partial charge in [0.2, 0.25) is 0 Å². The minimum absolute atomic E-state index is 0.749. The Morgan fingerprint density at radius 2 is 1.43 bits per heavy atom. The number of hydrogen-bond donors (Lipinski definition) is 2. The van der Waals surface area contributed by atoms with Crippen molar-refractivity contribution in [1.82, 2.24) is 9.88 Å². The molecular formula is C18H20N4S. The second-order valence-corrected chi connectivity index (χ2v) is 6.26. The maximum atomic E-state index is 5.43. The van der Waals surface area contributed by atoms with Gasteiger partial charge in [0.1, 0.15) is 0 Å². The van der Waals surface area contributed by atoms with Crippen molar-refractivity contribution < 1.29 is 0 Å². The van der Waals surface area contributed by atoms with E-state index in [0.717, 1.165) is 30.5 Å². The normalized spacial score (nSPS) is 10.9. The molecule has 118 valence electrons. The van der Waals surface area contributed by atoms with E-state index >= 15 is 0 Å². The Balaban J connectivity index is 1.74. The van der Waals surface area contributed by atoms with Crippen molar-refractivity contribution in [3.05, 3.63) is 82.9 Å². The minimum Gasteiger partial charge on any atom is -0.300 e. The summed E-state index contributed by atoms with van der Waals surface area (Å²) in [5.41, 5.74) is 6.25. The third-order valence-electron chi connectivity index (χ3n) is 3.56. The van der Waals surface area contributed by atoms with Gasteiger partial charge in [-0.05, 0) is 11.1 Å². The zero-order chi connectivity index (χ0) is 15.9. The van der Waals surface area contributed by atoms with Gasteiger partial charge in [-0.1, -0.05) is 60.7 Å². The average Bonchev–Trinajstić information content (AvgIpc) is 3.04. The van der Waals surface area contributed by atoms with E-state index in [1.54, 1.807) is 0 Å². The number of hydrogen-bond acceptors (Lipinski definition) is 5. The summed E-state index contributed by atoms with van der Waals surface area (Å²) in [6.45, 7) is 2.57.